The summed E-state index contributed by atoms with van der Waals surface area (Å²) in [5.74, 6) is 0.859. The summed E-state index contributed by atoms with van der Waals surface area (Å²) in [5, 5.41) is 3.58. The molecule has 1 fully saturated rings. The van der Waals surface area contributed by atoms with E-state index in [4.69, 9.17) is 0 Å². The Morgan fingerprint density at radius 3 is 2.47 bits per heavy atom. The molecule has 1 aromatic heterocycles. The van der Waals surface area contributed by atoms with Crippen molar-refractivity contribution in [3.8, 4) is 0 Å². The summed E-state index contributed by atoms with van der Waals surface area (Å²) < 4.78 is 0. The minimum Gasteiger partial charge on any atom is -0.383 e. The zero-order valence-corrected chi connectivity index (χ0v) is 11.1. The molecule has 0 atom stereocenters. The summed E-state index contributed by atoms with van der Waals surface area (Å²) in [4.78, 5) is 4.49. The Kier molecular flexibility index (Phi) is 4.41. The molecular weight excluding hydrogens is 208 g/mol. The minimum absolute atomic E-state index is 0.859. The van der Waals surface area contributed by atoms with Crippen LogP contribution in [0.5, 0.6) is 0 Å². The molecule has 0 amide bonds. The molecule has 1 aliphatic carbocycles. The molecule has 94 valence electrons. The normalized spacial score (nSPS) is 17.8. The Morgan fingerprint density at radius 1 is 1.12 bits per heavy atom. The van der Waals surface area contributed by atoms with Gasteiger partial charge in [0.15, 0.2) is 0 Å². The van der Waals surface area contributed by atoms with Crippen LogP contribution in [0.1, 0.15) is 49.9 Å². The molecule has 0 radical (unpaired) electrons. The number of aromatic nitrogens is 1. The van der Waals surface area contributed by atoms with Crippen LogP contribution in [-0.4, -0.2) is 11.5 Å². The fourth-order valence-corrected chi connectivity index (χ4v) is 2.70. The van der Waals surface area contributed by atoms with Crippen LogP contribution in [0, 0.1) is 19.8 Å². The van der Waals surface area contributed by atoms with Gasteiger partial charge in [-0.1, -0.05) is 25.7 Å². The van der Waals surface area contributed by atoms with Crippen LogP contribution < -0.4 is 5.32 Å². The van der Waals surface area contributed by atoms with Gasteiger partial charge in [0.25, 0.3) is 0 Å². The Bertz CT molecular complexity index is 352. The number of aryl methyl sites for hydroxylation is 2. The van der Waals surface area contributed by atoms with Crippen molar-refractivity contribution in [2.24, 2.45) is 5.92 Å². The highest BCUT2D eigenvalue weighted by atomic mass is 14.9. The first kappa shape index (κ1) is 12.4. The maximum absolute atomic E-state index is 4.49. The van der Waals surface area contributed by atoms with Crippen LogP contribution in [0.15, 0.2) is 12.1 Å². The molecule has 2 nitrogen and oxygen atoms in total. The molecule has 17 heavy (non-hydrogen) atoms. The number of nitrogens with zero attached hydrogens (tertiary/aromatic N) is 1. The third-order valence-electron chi connectivity index (χ3n) is 3.78. The molecule has 0 bridgehead atoms. The van der Waals surface area contributed by atoms with Crippen molar-refractivity contribution < 1.29 is 0 Å². The number of hydrogen-bond acceptors (Lipinski definition) is 2. The van der Waals surface area contributed by atoms with Crippen LogP contribution in [0.3, 0.4) is 0 Å². The predicted octanol–water partition coefficient (Wildman–Crippen LogP) is 4.08. The van der Waals surface area contributed by atoms with E-state index >= 15 is 0 Å². The van der Waals surface area contributed by atoms with Crippen molar-refractivity contribution in [1.82, 2.24) is 4.98 Å². The molecule has 0 saturated heterocycles. The van der Waals surface area contributed by atoms with E-state index in [-0.39, 0.29) is 0 Å². The third-order valence-corrected chi connectivity index (χ3v) is 3.78. The third kappa shape index (κ3) is 3.72. The van der Waals surface area contributed by atoms with Crippen LogP contribution in [-0.2, 0) is 0 Å². The van der Waals surface area contributed by atoms with Crippen molar-refractivity contribution in [3.05, 3.63) is 23.5 Å². The molecule has 2 rings (SSSR count). The first-order valence-electron chi connectivity index (χ1n) is 6.94. The lowest BCUT2D eigenvalue weighted by molar-refractivity contribution is 0.483. The second-order valence-corrected chi connectivity index (χ2v) is 5.32. The number of hydrogen-bond donors (Lipinski definition) is 1. The van der Waals surface area contributed by atoms with Crippen molar-refractivity contribution in [1.29, 1.82) is 0 Å². The van der Waals surface area contributed by atoms with Gasteiger partial charge in [-0.3, -0.25) is 4.98 Å². The van der Waals surface area contributed by atoms with E-state index in [0.29, 0.717) is 0 Å². The summed E-state index contributed by atoms with van der Waals surface area (Å²) in [6.45, 7) is 5.25. The van der Waals surface area contributed by atoms with Gasteiger partial charge in [0.2, 0.25) is 0 Å². The van der Waals surface area contributed by atoms with Gasteiger partial charge < -0.3 is 5.32 Å². The van der Waals surface area contributed by atoms with Gasteiger partial charge >= 0.3 is 0 Å². The highest BCUT2D eigenvalue weighted by molar-refractivity contribution is 5.47. The van der Waals surface area contributed by atoms with Crippen LogP contribution in [0.25, 0.3) is 0 Å². The molecule has 2 heteroatoms. The summed E-state index contributed by atoms with van der Waals surface area (Å²) in [5.41, 5.74) is 3.43. The van der Waals surface area contributed by atoms with Crippen LogP contribution >= 0.6 is 0 Å². The first-order chi connectivity index (χ1) is 8.25. The number of rotatable bonds is 3. The smallest absolute Gasteiger partial charge is 0.0606 e. The summed E-state index contributed by atoms with van der Waals surface area (Å²) in [6.07, 6.45) is 8.48. The maximum atomic E-state index is 4.49. The zero-order chi connectivity index (χ0) is 12.1. The quantitative estimate of drug-likeness (QED) is 0.794. The van der Waals surface area contributed by atoms with Crippen molar-refractivity contribution in [2.45, 2.75) is 52.4 Å². The van der Waals surface area contributed by atoms with E-state index in [2.05, 4.69) is 29.4 Å². The predicted molar refractivity (Wildman–Crippen MR) is 73.4 cm³/mol. The Labute approximate surface area is 105 Å². The topological polar surface area (TPSA) is 24.9 Å². The fraction of sp³-hybridized carbons (Fsp3) is 0.667. The van der Waals surface area contributed by atoms with E-state index in [1.54, 1.807) is 0 Å². The van der Waals surface area contributed by atoms with Crippen molar-refractivity contribution in [2.75, 3.05) is 11.9 Å². The lowest BCUT2D eigenvalue weighted by Gasteiger charge is -2.16. The largest absolute Gasteiger partial charge is 0.383 e. The molecule has 1 aliphatic rings. The zero-order valence-electron chi connectivity index (χ0n) is 11.1. The van der Waals surface area contributed by atoms with E-state index in [1.807, 2.05) is 6.92 Å². The molecule has 0 unspecified atom stereocenters. The number of nitrogens with one attached hydrogen (secondary N) is 1. The average molecular weight is 232 g/mol. The highest BCUT2D eigenvalue weighted by Crippen LogP contribution is 2.23. The minimum atomic E-state index is 0.859. The number of anilines is 1. The standard InChI is InChI=1S/C15H24N2/c1-12-9-10-15(13(2)17-12)16-11-14-7-5-3-4-6-8-14/h9-10,14,16H,3-8,11H2,1-2H3. The van der Waals surface area contributed by atoms with Gasteiger partial charge in [-0.25, -0.2) is 0 Å². The van der Waals surface area contributed by atoms with Gasteiger partial charge in [0.1, 0.15) is 0 Å². The van der Waals surface area contributed by atoms with E-state index < -0.39 is 0 Å². The summed E-state index contributed by atoms with van der Waals surface area (Å²) >= 11 is 0. The molecule has 1 saturated carbocycles. The molecule has 1 aromatic rings. The molecular formula is C15H24N2. The van der Waals surface area contributed by atoms with Gasteiger partial charge in [0, 0.05) is 12.2 Å². The van der Waals surface area contributed by atoms with Gasteiger partial charge in [-0.15, -0.1) is 0 Å². The van der Waals surface area contributed by atoms with E-state index in [1.165, 1.54) is 44.2 Å². The molecule has 0 aromatic carbocycles. The first-order valence-corrected chi connectivity index (χ1v) is 6.94. The summed E-state index contributed by atoms with van der Waals surface area (Å²) in [7, 11) is 0. The molecule has 1 heterocycles. The Balaban J connectivity index is 1.88. The lowest BCUT2D eigenvalue weighted by atomic mass is 10.0. The van der Waals surface area contributed by atoms with Gasteiger partial charge in [0.05, 0.1) is 11.4 Å². The van der Waals surface area contributed by atoms with Crippen molar-refractivity contribution in [3.63, 3.8) is 0 Å². The highest BCUT2D eigenvalue weighted by Gasteiger charge is 2.12. The lowest BCUT2D eigenvalue weighted by Crippen LogP contribution is -2.14. The van der Waals surface area contributed by atoms with E-state index in [0.717, 1.165) is 23.9 Å². The average Bonchev–Trinajstić information content (AvgIpc) is 2.56. The van der Waals surface area contributed by atoms with Crippen LogP contribution in [0.2, 0.25) is 0 Å². The van der Waals surface area contributed by atoms with Gasteiger partial charge in [-0.05, 0) is 44.7 Å². The Hall–Kier alpha value is -1.05. The fourth-order valence-electron chi connectivity index (χ4n) is 2.70. The summed E-state index contributed by atoms with van der Waals surface area (Å²) in [6, 6.07) is 4.25. The molecule has 0 spiro atoms. The maximum Gasteiger partial charge on any atom is 0.0606 e. The molecule has 0 aliphatic heterocycles. The SMILES string of the molecule is Cc1ccc(NCC2CCCCCC2)c(C)n1. The van der Waals surface area contributed by atoms with Crippen molar-refractivity contribution >= 4 is 5.69 Å². The number of pyridine rings is 1. The van der Waals surface area contributed by atoms with Crippen LogP contribution in [0.4, 0.5) is 5.69 Å². The second kappa shape index (κ2) is 6.04. The van der Waals surface area contributed by atoms with E-state index in [9.17, 15) is 0 Å². The molecule has 1 N–H and O–H groups in total. The van der Waals surface area contributed by atoms with Gasteiger partial charge in [-0.2, -0.15) is 0 Å². The Morgan fingerprint density at radius 2 is 1.82 bits per heavy atom. The second-order valence-electron chi connectivity index (χ2n) is 5.32. The monoisotopic (exact) mass is 232 g/mol.